The molecule has 1 aliphatic carbocycles. The molecule has 1 saturated carbocycles. The van der Waals surface area contributed by atoms with Crippen LogP contribution in [0.4, 0.5) is 0 Å². The number of amides is 1. The van der Waals surface area contributed by atoms with E-state index in [-0.39, 0.29) is 24.2 Å². The van der Waals surface area contributed by atoms with Gasteiger partial charge in [0, 0.05) is 13.0 Å². The van der Waals surface area contributed by atoms with Gasteiger partial charge >= 0.3 is 0 Å². The molecular weight excluding hydrogens is 244 g/mol. The van der Waals surface area contributed by atoms with Gasteiger partial charge in [0.25, 0.3) is 0 Å². The van der Waals surface area contributed by atoms with E-state index < -0.39 is 0 Å². The molecule has 0 bridgehead atoms. The van der Waals surface area contributed by atoms with E-state index in [9.17, 15) is 4.79 Å². The van der Waals surface area contributed by atoms with Gasteiger partial charge in [0.1, 0.15) is 6.61 Å². The third-order valence-corrected chi connectivity index (χ3v) is 4.42. The predicted molar refractivity (Wildman–Crippen MR) is 70.9 cm³/mol. The van der Waals surface area contributed by atoms with Crippen molar-refractivity contribution in [2.75, 3.05) is 32.8 Å². The first-order valence-corrected chi connectivity index (χ1v) is 7.49. The topological polar surface area (TPSA) is 59.6 Å². The van der Waals surface area contributed by atoms with Crippen LogP contribution < -0.4 is 10.6 Å². The maximum Gasteiger partial charge on any atom is 0.246 e. The third-order valence-electron chi connectivity index (χ3n) is 4.42. The van der Waals surface area contributed by atoms with Crippen LogP contribution in [0.1, 0.15) is 32.1 Å². The van der Waals surface area contributed by atoms with E-state index in [2.05, 4.69) is 10.6 Å². The summed E-state index contributed by atoms with van der Waals surface area (Å²) < 4.78 is 11.6. The molecule has 1 amide bonds. The standard InChI is InChI=1S/C14H24N2O3/c17-13(16-8-11-1-2-11)10-18-12-7-14(19-9-12)3-5-15-6-4-14/h11-12,15H,1-10H2,(H,16,17). The molecule has 3 aliphatic rings. The van der Waals surface area contributed by atoms with Crippen molar-refractivity contribution in [1.82, 2.24) is 10.6 Å². The van der Waals surface area contributed by atoms with Gasteiger partial charge in [-0.2, -0.15) is 0 Å². The fraction of sp³-hybridized carbons (Fsp3) is 0.929. The maximum absolute atomic E-state index is 11.6. The highest BCUT2D eigenvalue weighted by atomic mass is 16.6. The second-order valence-corrected chi connectivity index (χ2v) is 6.13. The lowest BCUT2D eigenvalue weighted by atomic mass is 9.89. The van der Waals surface area contributed by atoms with Crippen molar-refractivity contribution in [1.29, 1.82) is 0 Å². The van der Waals surface area contributed by atoms with Gasteiger partial charge in [-0.05, 0) is 44.7 Å². The van der Waals surface area contributed by atoms with Crippen LogP contribution >= 0.6 is 0 Å². The average Bonchev–Trinajstić information content (AvgIpc) is 3.18. The monoisotopic (exact) mass is 268 g/mol. The number of nitrogens with one attached hydrogen (secondary N) is 2. The van der Waals surface area contributed by atoms with Gasteiger partial charge in [0.05, 0.1) is 18.3 Å². The van der Waals surface area contributed by atoms with Crippen LogP contribution in [-0.2, 0) is 14.3 Å². The number of carbonyl (C=O) groups is 1. The summed E-state index contributed by atoms with van der Waals surface area (Å²) in [4.78, 5) is 11.6. The fourth-order valence-corrected chi connectivity index (χ4v) is 2.97. The molecular formula is C14H24N2O3. The first kappa shape index (κ1) is 13.3. The molecule has 3 rings (SSSR count). The third kappa shape index (κ3) is 3.68. The molecule has 3 fully saturated rings. The van der Waals surface area contributed by atoms with Crippen molar-refractivity contribution in [3.8, 4) is 0 Å². The Bertz CT molecular complexity index is 325. The molecule has 2 N–H and O–H groups in total. The molecule has 1 spiro atoms. The number of rotatable bonds is 5. The minimum Gasteiger partial charge on any atom is -0.372 e. The van der Waals surface area contributed by atoms with Crippen LogP contribution in [0.5, 0.6) is 0 Å². The SMILES string of the molecule is O=C(COC1COC2(CCNCC2)C1)NCC1CC1. The quantitative estimate of drug-likeness (QED) is 0.759. The Balaban J connectivity index is 1.35. The van der Waals surface area contributed by atoms with E-state index in [4.69, 9.17) is 9.47 Å². The van der Waals surface area contributed by atoms with E-state index in [1.54, 1.807) is 0 Å². The Hall–Kier alpha value is -0.650. The molecule has 0 aromatic heterocycles. The minimum absolute atomic E-state index is 0.0122. The largest absolute Gasteiger partial charge is 0.372 e. The first-order valence-electron chi connectivity index (χ1n) is 7.49. The Labute approximate surface area is 114 Å². The number of piperidine rings is 1. The second kappa shape index (κ2) is 5.77. The lowest BCUT2D eigenvalue weighted by Crippen LogP contribution is -2.41. The Morgan fingerprint density at radius 2 is 2.16 bits per heavy atom. The summed E-state index contributed by atoms with van der Waals surface area (Å²) in [5.41, 5.74) is 0.0143. The number of hydrogen-bond acceptors (Lipinski definition) is 4. The van der Waals surface area contributed by atoms with Crippen LogP contribution in [-0.4, -0.2) is 50.5 Å². The van der Waals surface area contributed by atoms with E-state index in [0.717, 1.165) is 44.8 Å². The van der Waals surface area contributed by atoms with Gasteiger partial charge in [-0.25, -0.2) is 0 Å². The van der Waals surface area contributed by atoms with Crippen molar-refractivity contribution < 1.29 is 14.3 Å². The minimum atomic E-state index is 0.0122. The Morgan fingerprint density at radius 1 is 1.37 bits per heavy atom. The summed E-state index contributed by atoms with van der Waals surface area (Å²) in [6.45, 7) is 3.67. The van der Waals surface area contributed by atoms with Crippen molar-refractivity contribution in [3.63, 3.8) is 0 Å². The zero-order valence-electron chi connectivity index (χ0n) is 11.5. The molecule has 2 saturated heterocycles. The summed E-state index contributed by atoms with van der Waals surface area (Å²) in [6, 6.07) is 0. The summed E-state index contributed by atoms with van der Waals surface area (Å²) in [6.07, 6.45) is 5.65. The van der Waals surface area contributed by atoms with E-state index >= 15 is 0 Å². The molecule has 0 radical (unpaired) electrons. The highest BCUT2D eigenvalue weighted by Gasteiger charge is 2.41. The molecule has 0 aromatic carbocycles. The van der Waals surface area contributed by atoms with E-state index in [1.165, 1.54) is 12.8 Å². The summed E-state index contributed by atoms with van der Waals surface area (Å²) in [5, 5.41) is 6.27. The van der Waals surface area contributed by atoms with Gasteiger partial charge in [-0.1, -0.05) is 0 Å². The van der Waals surface area contributed by atoms with Gasteiger partial charge in [-0.3, -0.25) is 4.79 Å². The van der Waals surface area contributed by atoms with Crippen LogP contribution in [0.15, 0.2) is 0 Å². The van der Waals surface area contributed by atoms with Gasteiger partial charge in [0.15, 0.2) is 0 Å². The second-order valence-electron chi connectivity index (χ2n) is 6.13. The predicted octanol–water partition coefficient (Wildman–Crippen LogP) is 0.440. The average molecular weight is 268 g/mol. The van der Waals surface area contributed by atoms with E-state index in [1.807, 2.05) is 0 Å². The molecule has 5 nitrogen and oxygen atoms in total. The normalized spacial score (nSPS) is 29.6. The molecule has 108 valence electrons. The smallest absolute Gasteiger partial charge is 0.246 e. The molecule has 0 aromatic rings. The van der Waals surface area contributed by atoms with Crippen molar-refractivity contribution >= 4 is 5.91 Å². The molecule has 2 heterocycles. The molecule has 1 atom stereocenters. The zero-order valence-corrected chi connectivity index (χ0v) is 11.5. The van der Waals surface area contributed by atoms with Crippen molar-refractivity contribution in [2.24, 2.45) is 5.92 Å². The van der Waals surface area contributed by atoms with Crippen LogP contribution in [0.3, 0.4) is 0 Å². The summed E-state index contributed by atoms with van der Waals surface area (Å²) in [5.74, 6) is 0.731. The number of ether oxygens (including phenoxy) is 2. The molecule has 1 unspecified atom stereocenters. The Kier molecular flexibility index (Phi) is 4.05. The Morgan fingerprint density at radius 3 is 2.89 bits per heavy atom. The number of carbonyl (C=O) groups excluding carboxylic acids is 1. The highest BCUT2D eigenvalue weighted by Crippen LogP contribution is 2.35. The molecule has 19 heavy (non-hydrogen) atoms. The lowest BCUT2D eigenvalue weighted by Gasteiger charge is -2.32. The van der Waals surface area contributed by atoms with Crippen LogP contribution in [0.25, 0.3) is 0 Å². The molecule has 2 aliphatic heterocycles. The zero-order chi connectivity index (χ0) is 13.1. The summed E-state index contributed by atoms with van der Waals surface area (Å²) >= 11 is 0. The highest BCUT2D eigenvalue weighted by molar-refractivity contribution is 5.77. The van der Waals surface area contributed by atoms with Crippen molar-refractivity contribution in [2.45, 2.75) is 43.8 Å². The first-order chi connectivity index (χ1) is 9.26. The van der Waals surface area contributed by atoms with E-state index in [0.29, 0.717) is 6.61 Å². The van der Waals surface area contributed by atoms with Crippen molar-refractivity contribution in [3.05, 3.63) is 0 Å². The molecule has 5 heteroatoms. The fourth-order valence-electron chi connectivity index (χ4n) is 2.97. The maximum atomic E-state index is 11.6. The summed E-state index contributed by atoms with van der Waals surface area (Å²) in [7, 11) is 0. The lowest BCUT2D eigenvalue weighted by molar-refractivity contribution is -0.127. The van der Waals surface area contributed by atoms with Gasteiger partial charge < -0.3 is 20.1 Å². The van der Waals surface area contributed by atoms with Crippen LogP contribution in [0, 0.1) is 5.92 Å². The van der Waals surface area contributed by atoms with Gasteiger partial charge in [0.2, 0.25) is 5.91 Å². The van der Waals surface area contributed by atoms with Crippen LogP contribution in [0.2, 0.25) is 0 Å². The van der Waals surface area contributed by atoms with Gasteiger partial charge in [-0.15, -0.1) is 0 Å². The number of hydrogen-bond donors (Lipinski definition) is 2.